The van der Waals surface area contributed by atoms with Crippen LogP contribution < -0.4 is 10.2 Å². The maximum absolute atomic E-state index is 13.1. The molecule has 2 aromatic carbocycles. The highest BCUT2D eigenvalue weighted by Gasteiger charge is 2.26. The highest BCUT2D eigenvalue weighted by atomic mass is 19.1. The van der Waals surface area contributed by atoms with Gasteiger partial charge >= 0.3 is 11.8 Å². The van der Waals surface area contributed by atoms with E-state index in [1.165, 1.54) is 12.1 Å². The fourth-order valence-corrected chi connectivity index (χ4v) is 3.55. The number of carbonyl (C=O) groups is 2. The molecule has 1 aromatic heterocycles. The first-order valence-electron chi connectivity index (χ1n) is 9.48. The number of amides is 2. The molecule has 1 aliphatic rings. The summed E-state index contributed by atoms with van der Waals surface area (Å²) < 4.78 is 13.1. The highest BCUT2D eigenvalue weighted by Crippen LogP contribution is 2.23. The monoisotopic (exact) mass is 392 g/mol. The van der Waals surface area contributed by atoms with Crippen molar-refractivity contribution in [2.24, 2.45) is 0 Å². The Morgan fingerprint density at radius 1 is 1.00 bits per heavy atom. The van der Waals surface area contributed by atoms with Gasteiger partial charge in [0, 0.05) is 42.9 Å². The molecule has 3 aromatic rings. The van der Waals surface area contributed by atoms with E-state index in [0.29, 0.717) is 31.9 Å². The van der Waals surface area contributed by atoms with Crippen LogP contribution in [0.2, 0.25) is 0 Å². The maximum atomic E-state index is 13.1. The second-order valence-electron chi connectivity index (χ2n) is 7.04. The molecule has 1 N–H and O–H groups in total. The van der Waals surface area contributed by atoms with Crippen molar-refractivity contribution >= 4 is 34.1 Å². The van der Waals surface area contributed by atoms with E-state index in [0.717, 1.165) is 22.3 Å². The van der Waals surface area contributed by atoms with Crippen LogP contribution in [0.1, 0.15) is 5.69 Å². The zero-order valence-electron chi connectivity index (χ0n) is 16.1. The number of carbonyl (C=O) groups excluding carboxylic acids is 2. The van der Waals surface area contributed by atoms with E-state index in [4.69, 9.17) is 0 Å². The van der Waals surface area contributed by atoms with Crippen LogP contribution in [0, 0.1) is 12.7 Å². The number of piperazine rings is 1. The lowest BCUT2D eigenvalue weighted by Gasteiger charge is -2.35. The minimum absolute atomic E-state index is 0.280. The predicted octanol–water partition coefficient (Wildman–Crippen LogP) is 2.97. The number of nitrogens with zero attached hydrogens (tertiary/aromatic N) is 3. The normalized spacial score (nSPS) is 14.1. The fraction of sp³-hybridized carbons (Fsp3) is 0.227. The van der Waals surface area contributed by atoms with Gasteiger partial charge in [0.2, 0.25) is 0 Å². The number of benzene rings is 2. The molecule has 1 saturated heterocycles. The summed E-state index contributed by atoms with van der Waals surface area (Å²) in [6.45, 7) is 3.88. The number of hydrogen-bond donors (Lipinski definition) is 1. The standard InChI is InChI=1S/C22H21FN4O2/c1-15-14-20(18-4-2-3-5-19(18)24-15)25-21(28)22(29)27-12-10-26(11-13-27)17-8-6-16(23)7-9-17/h2-9,14H,10-13H2,1H3,(H,24,25,28). The summed E-state index contributed by atoms with van der Waals surface area (Å²) >= 11 is 0. The van der Waals surface area contributed by atoms with Gasteiger partial charge in [-0.05, 0) is 43.3 Å². The number of anilines is 2. The van der Waals surface area contributed by atoms with Crippen LogP contribution in [-0.4, -0.2) is 47.9 Å². The van der Waals surface area contributed by atoms with Crippen LogP contribution in [0.4, 0.5) is 15.8 Å². The van der Waals surface area contributed by atoms with Crippen molar-refractivity contribution in [2.45, 2.75) is 6.92 Å². The van der Waals surface area contributed by atoms with Crippen molar-refractivity contribution in [3.63, 3.8) is 0 Å². The van der Waals surface area contributed by atoms with Crippen molar-refractivity contribution in [2.75, 3.05) is 36.4 Å². The number of rotatable bonds is 2. The molecule has 148 valence electrons. The molecule has 0 spiro atoms. The summed E-state index contributed by atoms with van der Waals surface area (Å²) in [7, 11) is 0. The molecule has 7 heteroatoms. The molecule has 0 aliphatic carbocycles. The third-order valence-corrected chi connectivity index (χ3v) is 5.05. The predicted molar refractivity (Wildman–Crippen MR) is 110 cm³/mol. The van der Waals surface area contributed by atoms with Crippen molar-refractivity contribution < 1.29 is 14.0 Å². The Kier molecular flexibility index (Phi) is 5.12. The van der Waals surface area contributed by atoms with Gasteiger partial charge in [0.05, 0.1) is 11.2 Å². The van der Waals surface area contributed by atoms with Crippen LogP contribution in [0.15, 0.2) is 54.6 Å². The van der Waals surface area contributed by atoms with E-state index in [1.807, 2.05) is 31.2 Å². The Morgan fingerprint density at radius 2 is 1.69 bits per heavy atom. The Bertz CT molecular complexity index is 1060. The van der Waals surface area contributed by atoms with E-state index in [9.17, 15) is 14.0 Å². The second kappa shape index (κ2) is 7.87. The molecule has 0 radical (unpaired) electrons. The second-order valence-corrected chi connectivity index (χ2v) is 7.04. The number of pyridine rings is 1. The summed E-state index contributed by atoms with van der Waals surface area (Å²) in [6, 6.07) is 15.5. The van der Waals surface area contributed by atoms with Crippen LogP contribution in [0.5, 0.6) is 0 Å². The molecule has 2 amide bonds. The molecule has 6 nitrogen and oxygen atoms in total. The smallest absolute Gasteiger partial charge is 0.313 e. The van der Waals surface area contributed by atoms with Crippen LogP contribution >= 0.6 is 0 Å². The third kappa shape index (κ3) is 4.03. The van der Waals surface area contributed by atoms with E-state index in [-0.39, 0.29) is 5.82 Å². The average Bonchev–Trinajstić information content (AvgIpc) is 2.74. The number of aryl methyl sites for hydroxylation is 1. The number of fused-ring (bicyclic) bond motifs is 1. The summed E-state index contributed by atoms with van der Waals surface area (Å²) in [5, 5.41) is 3.54. The Balaban J connectivity index is 1.42. The molecule has 4 rings (SSSR count). The van der Waals surface area contributed by atoms with E-state index >= 15 is 0 Å². The molecule has 0 atom stereocenters. The molecule has 29 heavy (non-hydrogen) atoms. The minimum Gasteiger partial charge on any atom is -0.368 e. The van der Waals surface area contributed by atoms with Gasteiger partial charge in [-0.15, -0.1) is 0 Å². The first kappa shape index (κ1) is 18.9. The SMILES string of the molecule is Cc1cc(NC(=O)C(=O)N2CCN(c3ccc(F)cc3)CC2)c2ccccc2n1. The molecule has 1 aliphatic heterocycles. The van der Waals surface area contributed by atoms with Gasteiger partial charge in [0.1, 0.15) is 5.82 Å². The number of halogens is 1. The highest BCUT2D eigenvalue weighted by molar-refractivity contribution is 6.40. The zero-order valence-corrected chi connectivity index (χ0v) is 16.1. The van der Waals surface area contributed by atoms with Crippen LogP contribution in [0.25, 0.3) is 10.9 Å². The van der Waals surface area contributed by atoms with Gasteiger partial charge < -0.3 is 15.1 Å². The fourth-order valence-electron chi connectivity index (χ4n) is 3.55. The summed E-state index contributed by atoms with van der Waals surface area (Å²) in [5.41, 5.74) is 3.01. The number of para-hydroxylation sites is 1. The average molecular weight is 392 g/mol. The Morgan fingerprint density at radius 3 is 2.41 bits per heavy atom. The number of nitrogens with one attached hydrogen (secondary N) is 1. The first-order valence-corrected chi connectivity index (χ1v) is 9.48. The molecular weight excluding hydrogens is 371 g/mol. The lowest BCUT2D eigenvalue weighted by Crippen LogP contribution is -2.51. The maximum Gasteiger partial charge on any atom is 0.313 e. The van der Waals surface area contributed by atoms with Gasteiger partial charge in [0.25, 0.3) is 0 Å². The van der Waals surface area contributed by atoms with Crippen LogP contribution in [0.3, 0.4) is 0 Å². The number of hydrogen-bond acceptors (Lipinski definition) is 4. The molecule has 2 heterocycles. The molecule has 1 fully saturated rings. The Hall–Kier alpha value is -3.48. The summed E-state index contributed by atoms with van der Waals surface area (Å²) in [6.07, 6.45) is 0. The van der Waals surface area contributed by atoms with Crippen molar-refractivity contribution in [3.05, 3.63) is 66.1 Å². The van der Waals surface area contributed by atoms with Crippen molar-refractivity contribution in [3.8, 4) is 0 Å². The number of aromatic nitrogens is 1. The molecule has 0 saturated carbocycles. The lowest BCUT2D eigenvalue weighted by molar-refractivity contribution is -0.143. The minimum atomic E-state index is -0.656. The van der Waals surface area contributed by atoms with Gasteiger partial charge in [-0.3, -0.25) is 14.6 Å². The topological polar surface area (TPSA) is 65.5 Å². The Labute approximate surface area is 167 Å². The van der Waals surface area contributed by atoms with Gasteiger partial charge in [-0.2, -0.15) is 0 Å². The van der Waals surface area contributed by atoms with Gasteiger partial charge in [-0.1, -0.05) is 18.2 Å². The van der Waals surface area contributed by atoms with Gasteiger partial charge in [-0.25, -0.2) is 4.39 Å². The third-order valence-electron chi connectivity index (χ3n) is 5.05. The van der Waals surface area contributed by atoms with E-state index in [1.54, 1.807) is 23.1 Å². The van der Waals surface area contributed by atoms with E-state index < -0.39 is 11.8 Å². The van der Waals surface area contributed by atoms with E-state index in [2.05, 4.69) is 15.2 Å². The summed E-state index contributed by atoms with van der Waals surface area (Å²) in [4.78, 5) is 33.3. The van der Waals surface area contributed by atoms with Crippen molar-refractivity contribution in [1.82, 2.24) is 9.88 Å². The van der Waals surface area contributed by atoms with Crippen LogP contribution in [-0.2, 0) is 9.59 Å². The molecule has 0 bridgehead atoms. The largest absolute Gasteiger partial charge is 0.368 e. The summed E-state index contributed by atoms with van der Waals surface area (Å²) in [5.74, 6) is -1.49. The van der Waals surface area contributed by atoms with Crippen molar-refractivity contribution in [1.29, 1.82) is 0 Å². The lowest BCUT2D eigenvalue weighted by atomic mass is 10.1. The molecule has 0 unspecified atom stereocenters. The first-order chi connectivity index (χ1) is 14.0. The zero-order chi connectivity index (χ0) is 20.4. The quantitative estimate of drug-likeness (QED) is 0.681. The molecular formula is C22H21FN4O2. The van der Waals surface area contributed by atoms with Gasteiger partial charge in [0.15, 0.2) is 0 Å².